The lowest BCUT2D eigenvalue weighted by molar-refractivity contribution is 0.0897. The Labute approximate surface area is 148 Å². The van der Waals surface area contributed by atoms with Gasteiger partial charge in [0.05, 0.1) is 0 Å². The first kappa shape index (κ1) is 17.4. The topological polar surface area (TPSA) is 74.5 Å². The normalized spacial score (nSPS) is 17.6. The summed E-state index contributed by atoms with van der Waals surface area (Å²) in [6.07, 6.45) is 2.30. The molecule has 1 N–H and O–H groups in total. The molecule has 1 aromatic carbocycles. The third-order valence-electron chi connectivity index (χ3n) is 4.67. The zero-order valence-electron chi connectivity index (χ0n) is 15.0. The number of nitrogens with one attached hydrogen (secondary N) is 1. The Hall–Kier alpha value is -2.41. The van der Waals surface area contributed by atoms with Crippen LogP contribution in [-0.4, -0.2) is 60.7 Å². The average Bonchev–Trinajstić information content (AvgIpc) is 3.29. The van der Waals surface area contributed by atoms with Gasteiger partial charge in [0.25, 0.3) is 0 Å². The third kappa shape index (κ3) is 3.99. The molecule has 0 unspecified atom stereocenters. The number of carbonyl (C=O) groups is 1. The van der Waals surface area contributed by atoms with Gasteiger partial charge in [-0.1, -0.05) is 12.1 Å². The average molecular weight is 343 g/mol. The molecule has 3 rings (SSSR count). The molecule has 0 bridgehead atoms. The minimum Gasteiger partial charge on any atom is -0.378 e. The molecular formula is C18H25N5O2. The van der Waals surface area contributed by atoms with Gasteiger partial charge in [-0.15, -0.1) is 0 Å². The first-order chi connectivity index (χ1) is 12.1. The van der Waals surface area contributed by atoms with Crippen molar-refractivity contribution in [1.82, 2.24) is 20.4 Å². The van der Waals surface area contributed by atoms with Crippen LogP contribution in [0, 0.1) is 0 Å². The van der Waals surface area contributed by atoms with Gasteiger partial charge in [-0.25, -0.2) is 0 Å². The van der Waals surface area contributed by atoms with Gasteiger partial charge in [0.2, 0.25) is 5.82 Å². The van der Waals surface area contributed by atoms with Crippen LogP contribution in [0.25, 0.3) is 11.4 Å². The molecule has 0 radical (unpaired) electrons. The van der Waals surface area contributed by atoms with Gasteiger partial charge >= 0.3 is 11.8 Å². The zero-order valence-corrected chi connectivity index (χ0v) is 15.0. The molecule has 1 aliphatic rings. The summed E-state index contributed by atoms with van der Waals surface area (Å²) in [5.74, 6) is 0.117. The molecule has 1 fully saturated rings. The van der Waals surface area contributed by atoms with E-state index in [1.54, 1.807) is 0 Å². The fraction of sp³-hybridized carbons (Fsp3) is 0.500. The van der Waals surface area contributed by atoms with E-state index < -0.39 is 0 Å². The molecule has 0 saturated carbocycles. The number of nitrogens with zero attached hydrogens (tertiary/aromatic N) is 4. The summed E-state index contributed by atoms with van der Waals surface area (Å²) in [5, 5.41) is 6.83. The van der Waals surface area contributed by atoms with Crippen molar-refractivity contribution in [3.63, 3.8) is 0 Å². The summed E-state index contributed by atoms with van der Waals surface area (Å²) in [7, 11) is 3.96. The SMILES string of the molecule is CCN1CCC[C@H]1CNC(=O)c1nc(-c2ccc(N(C)C)cc2)no1. The van der Waals surface area contributed by atoms with E-state index in [-0.39, 0.29) is 11.8 Å². The Kier molecular flexibility index (Phi) is 5.33. The molecule has 7 nitrogen and oxygen atoms in total. The van der Waals surface area contributed by atoms with E-state index in [2.05, 4.69) is 27.3 Å². The van der Waals surface area contributed by atoms with E-state index in [9.17, 15) is 4.79 Å². The second kappa shape index (κ2) is 7.65. The number of likely N-dealkylation sites (tertiary alicyclic amines) is 1. The number of hydrogen-bond acceptors (Lipinski definition) is 6. The lowest BCUT2D eigenvalue weighted by Crippen LogP contribution is -2.40. The summed E-state index contributed by atoms with van der Waals surface area (Å²) in [4.78, 5) is 20.9. The lowest BCUT2D eigenvalue weighted by atomic mass is 10.2. The molecule has 1 aromatic heterocycles. The zero-order chi connectivity index (χ0) is 17.8. The van der Waals surface area contributed by atoms with Gasteiger partial charge in [-0.2, -0.15) is 4.98 Å². The summed E-state index contributed by atoms with van der Waals surface area (Å²) >= 11 is 0. The number of carbonyl (C=O) groups excluding carboxylic acids is 1. The third-order valence-corrected chi connectivity index (χ3v) is 4.67. The standard InChI is InChI=1S/C18H25N5O2/c1-4-23-11-5-6-15(23)12-19-17(24)18-20-16(21-25-18)13-7-9-14(10-8-13)22(2)3/h7-10,15H,4-6,11-12H2,1-3H3,(H,19,24)/t15-/m0/s1. The molecule has 7 heteroatoms. The van der Waals surface area contributed by atoms with Crippen LogP contribution >= 0.6 is 0 Å². The Morgan fingerprint density at radius 3 is 2.80 bits per heavy atom. The maximum absolute atomic E-state index is 12.3. The Morgan fingerprint density at radius 2 is 2.12 bits per heavy atom. The number of amides is 1. The van der Waals surface area contributed by atoms with Gasteiger partial charge < -0.3 is 14.7 Å². The van der Waals surface area contributed by atoms with Crippen molar-refractivity contribution in [2.75, 3.05) is 38.6 Å². The fourth-order valence-corrected chi connectivity index (χ4v) is 3.17. The number of aromatic nitrogens is 2. The van der Waals surface area contributed by atoms with Crippen LogP contribution in [0.2, 0.25) is 0 Å². The van der Waals surface area contributed by atoms with Gasteiger partial charge in [-0.3, -0.25) is 9.69 Å². The molecule has 0 spiro atoms. The van der Waals surface area contributed by atoms with Crippen molar-refractivity contribution in [1.29, 1.82) is 0 Å². The Morgan fingerprint density at radius 1 is 1.36 bits per heavy atom. The molecule has 1 atom stereocenters. The van der Waals surface area contributed by atoms with Gasteiger partial charge in [0, 0.05) is 37.9 Å². The number of anilines is 1. The van der Waals surface area contributed by atoms with E-state index in [0.29, 0.717) is 18.4 Å². The molecule has 2 heterocycles. The van der Waals surface area contributed by atoms with Crippen LogP contribution in [0.3, 0.4) is 0 Å². The first-order valence-corrected chi connectivity index (χ1v) is 8.72. The molecule has 0 aliphatic carbocycles. The van der Waals surface area contributed by atoms with E-state index >= 15 is 0 Å². The maximum Gasteiger partial charge on any atom is 0.316 e. The van der Waals surface area contributed by atoms with Crippen molar-refractivity contribution in [2.24, 2.45) is 0 Å². The largest absolute Gasteiger partial charge is 0.378 e. The predicted molar refractivity (Wildman–Crippen MR) is 96.7 cm³/mol. The number of likely N-dealkylation sites (N-methyl/N-ethyl adjacent to an activating group) is 1. The van der Waals surface area contributed by atoms with Crippen LogP contribution in [0.15, 0.2) is 28.8 Å². The predicted octanol–water partition coefficient (Wildman–Crippen LogP) is 2.02. The van der Waals surface area contributed by atoms with Gasteiger partial charge in [-0.05, 0) is 50.2 Å². The van der Waals surface area contributed by atoms with Crippen molar-refractivity contribution in [2.45, 2.75) is 25.8 Å². The monoisotopic (exact) mass is 343 g/mol. The van der Waals surface area contributed by atoms with E-state index in [1.165, 1.54) is 6.42 Å². The number of benzene rings is 1. The van der Waals surface area contributed by atoms with Gasteiger partial charge in [0.15, 0.2) is 0 Å². The number of rotatable bonds is 6. The Bertz CT molecular complexity index is 711. The molecule has 1 saturated heterocycles. The molecule has 1 aliphatic heterocycles. The lowest BCUT2D eigenvalue weighted by Gasteiger charge is -2.22. The van der Waals surface area contributed by atoms with Crippen molar-refractivity contribution >= 4 is 11.6 Å². The highest BCUT2D eigenvalue weighted by molar-refractivity contribution is 5.89. The van der Waals surface area contributed by atoms with Crippen molar-refractivity contribution in [3.05, 3.63) is 30.2 Å². The summed E-state index contributed by atoms with van der Waals surface area (Å²) in [5.41, 5.74) is 1.91. The van der Waals surface area contributed by atoms with E-state index in [4.69, 9.17) is 4.52 Å². The van der Waals surface area contributed by atoms with Crippen molar-refractivity contribution < 1.29 is 9.32 Å². The minimum absolute atomic E-state index is 0.00716. The van der Waals surface area contributed by atoms with Crippen LogP contribution in [0.1, 0.15) is 30.5 Å². The number of hydrogen-bond donors (Lipinski definition) is 1. The molecule has 1 amide bonds. The minimum atomic E-state index is -0.313. The quantitative estimate of drug-likeness (QED) is 0.865. The van der Waals surface area contributed by atoms with Crippen LogP contribution < -0.4 is 10.2 Å². The summed E-state index contributed by atoms with van der Waals surface area (Å²) < 4.78 is 5.13. The summed E-state index contributed by atoms with van der Waals surface area (Å²) in [6, 6.07) is 8.18. The molecule has 25 heavy (non-hydrogen) atoms. The van der Waals surface area contributed by atoms with Crippen LogP contribution in [0.5, 0.6) is 0 Å². The van der Waals surface area contributed by atoms with Gasteiger partial charge in [0.1, 0.15) is 0 Å². The van der Waals surface area contributed by atoms with E-state index in [0.717, 1.165) is 30.8 Å². The molecule has 2 aromatic rings. The maximum atomic E-state index is 12.3. The summed E-state index contributed by atoms with van der Waals surface area (Å²) in [6.45, 7) is 4.87. The highest BCUT2D eigenvalue weighted by atomic mass is 16.5. The van der Waals surface area contributed by atoms with Crippen LogP contribution in [-0.2, 0) is 0 Å². The van der Waals surface area contributed by atoms with Crippen molar-refractivity contribution in [3.8, 4) is 11.4 Å². The highest BCUT2D eigenvalue weighted by Crippen LogP contribution is 2.20. The molecule has 134 valence electrons. The van der Waals surface area contributed by atoms with E-state index in [1.807, 2.05) is 43.3 Å². The fourth-order valence-electron chi connectivity index (χ4n) is 3.17. The second-order valence-electron chi connectivity index (χ2n) is 6.50. The van der Waals surface area contributed by atoms with Crippen LogP contribution in [0.4, 0.5) is 5.69 Å². The highest BCUT2D eigenvalue weighted by Gasteiger charge is 2.24. The first-order valence-electron chi connectivity index (χ1n) is 8.72. The second-order valence-corrected chi connectivity index (χ2v) is 6.50. The smallest absolute Gasteiger partial charge is 0.316 e. The Balaban J connectivity index is 1.61. The molecular weight excluding hydrogens is 318 g/mol.